The molecule has 5 fully saturated rings. The van der Waals surface area contributed by atoms with Crippen molar-refractivity contribution in [2.24, 2.45) is 76.4 Å². The Bertz CT molecular complexity index is 869. The maximum Gasteiger partial charge on any atom is -0.0256 e. The molecule has 8 aliphatic carbocycles. The average Bonchev–Trinajstić information content (AvgIpc) is 3.43. The van der Waals surface area contributed by atoms with Crippen LogP contribution in [0, 0.1) is 76.4 Å². The molecule has 0 bridgehead atoms. The normalized spacial score (nSPS) is 42.2. The molecular weight excluding hydrogens is 577 g/mol. The summed E-state index contributed by atoms with van der Waals surface area (Å²) in [5.74, 6) is 11.9. The van der Waals surface area contributed by atoms with Crippen LogP contribution in [-0.4, -0.2) is 0 Å². The van der Waals surface area contributed by atoms with Crippen LogP contribution in [0.1, 0.15) is 193 Å². The van der Waals surface area contributed by atoms with E-state index >= 15 is 0 Å². The zero-order chi connectivity index (χ0) is 36.0. The van der Waals surface area contributed by atoms with Crippen LogP contribution < -0.4 is 0 Å². The molecule has 0 heterocycles. The summed E-state index contributed by atoms with van der Waals surface area (Å²) < 4.78 is 0. The maximum atomic E-state index is 2.38. The standard InChI is InChI=1S/C9H16.C7H14.3C7H12.C6H12.C5H10/c1-7-3-9(4-7)5-8(2)6-9;4*1-6-3-4-7(2)5-6;1-5-3-6(2)4-5;1-4-3-5(4)2/h7-8H,3-6H2,1-2H3;6-7H,3-5H2,1-2H3;2*3,7H,4-5H2,1-2H3;3-4,6-7H,5H2,1-2H3;5-6H,3-4H2,1-2H3;4-5H,3H2,1-2H3. The predicted molar refractivity (Wildman–Crippen MR) is 218 cm³/mol. The lowest BCUT2D eigenvalue weighted by Crippen LogP contribution is -2.45. The quantitative estimate of drug-likeness (QED) is 0.226. The lowest BCUT2D eigenvalue weighted by Gasteiger charge is -2.56. The molecule has 0 aromatic rings. The summed E-state index contributed by atoms with van der Waals surface area (Å²) in [7, 11) is 0. The monoisotopic (exact) mass is 665 g/mol. The van der Waals surface area contributed by atoms with E-state index < -0.39 is 0 Å². The number of hydrogen-bond acceptors (Lipinski definition) is 0. The van der Waals surface area contributed by atoms with Gasteiger partial charge in [0.2, 0.25) is 0 Å². The molecule has 0 aliphatic heterocycles. The van der Waals surface area contributed by atoms with Gasteiger partial charge in [0.1, 0.15) is 0 Å². The van der Waals surface area contributed by atoms with Gasteiger partial charge in [-0.25, -0.2) is 0 Å². The van der Waals surface area contributed by atoms with E-state index in [-0.39, 0.29) is 0 Å². The minimum Gasteiger partial charge on any atom is -0.0854 e. The fraction of sp³-hybridized carbons (Fsp3) is 0.875. The molecule has 8 unspecified atom stereocenters. The average molecular weight is 665 g/mol. The van der Waals surface area contributed by atoms with Gasteiger partial charge in [0.05, 0.1) is 0 Å². The first-order chi connectivity index (χ1) is 22.4. The van der Waals surface area contributed by atoms with Gasteiger partial charge in [0.25, 0.3) is 0 Å². The van der Waals surface area contributed by atoms with Crippen molar-refractivity contribution in [1.29, 1.82) is 0 Å². The number of hydrogen-bond donors (Lipinski definition) is 0. The molecule has 48 heavy (non-hydrogen) atoms. The molecule has 0 saturated heterocycles. The van der Waals surface area contributed by atoms with Gasteiger partial charge in [0, 0.05) is 0 Å². The van der Waals surface area contributed by atoms with Gasteiger partial charge in [-0.1, -0.05) is 131 Å². The minimum atomic E-state index is 0.843. The smallest absolute Gasteiger partial charge is 0.0256 e. The molecule has 0 heteroatoms. The van der Waals surface area contributed by atoms with Gasteiger partial charge in [-0.2, -0.15) is 0 Å². The molecule has 280 valence electrons. The van der Waals surface area contributed by atoms with E-state index in [1.807, 2.05) is 0 Å². The van der Waals surface area contributed by atoms with Crippen LogP contribution in [0.25, 0.3) is 0 Å². The Morgan fingerprint density at radius 2 is 0.750 bits per heavy atom. The molecule has 5 saturated carbocycles. The molecule has 0 aromatic carbocycles. The van der Waals surface area contributed by atoms with Gasteiger partial charge < -0.3 is 0 Å². The summed E-state index contributed by atoms with van der Waals surface area (Å²) in [6, 6.07) is 0. The van der Waals surface area contributed by atoms with E-state index in [4.69, 9.17) is 0 Å². The van der Waals surface area contributed by atoms with Gasteiger partial charge in [0.15, 0.2) is 0 Å². The Morgan fingerprint density at radius 1 is 0.417 bits per heavy atom. The molecule has 0 nitrogen and oxygen atoms in total. The second-order valence-electron chi connectivity index (χ2n) is 20.2. The predicted octanol–water partition coefficient (Wildman–Crippen LogP) is 15.9. The van der Waals surface area contributed by atoms with Crippen molar-refractivity contribution >= 4 is 0 Å². The van der Waals surface area contributed by atoms with Crippen LogP contribution in [0.3, 0.4) is 0 Å². The molecular formula is C48H88. The van der Waals surface area contributed by atoms with Crippen molar-refractivity contribution in [3.05, 3.63) is 35.5 Å². The van der Waals surface area contributed by atoms with Crippen molar-refractivity contribution in [2.45, 2.75) is 193 Å². The van der Waals surface area contributed by atoms with Gasteiger partial charge in [-0.3, -0.25) is 0 Å². The Kier molecular flexibility index (Phi) is 19.5. The summed E-state index contributed by atoms with van der Waals surface area (Å²) >= 11 is 0. The van der Waals surface area contributed by atoms with Crippen molar-refractivity contribution in [2.75, 3.05) is 0 Å². The van der Waals surface area contributed by atoms with Crippen LogP contribution in [0.15, 0.2) is 35.5 Å². The summed E-state index contributed by atoms with van der Waals surface area (Å²) in [6.07, 6.45) is 30.9. The topological polar surface area (TPSA) is 0 Å². The zero-order valence-corrected chi connectivity index (χ0v) is 35.3. The molecule has 8 rings (SSSR count). The Labute approximate surface area is 304 Å². The molecule has 0 radical (unpaired) electrons. The van der Waals surface area contributed by atoms with Gasteiger partial charge >= 0.3 is 0 Å². The molecule has 0 aromatic heterocycles. The summed E-state index contributed by atoms with van der Waals surface area (Å²) in [4.78, 5) is 0. The van der Waals surface area contributed by atoms with Crippen LogP contribution in [0.2, 0.25) is 0 Å². The largest absolute Gasteiger partial charge is 0.0854 e. The van der Waals surface area contributed by atoms with E-state index in [1.165, 1.54) is 96.3 Å². The Hall–Kier alpha value is -0.780. The molecule has 8 atom stereocenters. The van der Waals surface area contributed by atoms with Crippen molar-refractivity contribution < 1.29 is 0 Å². The SMILES string of the molecule is CC1=CCC(C)C1.CC1=CCC(C)C1.CC1C=CC(C)C1.CC1CC(C)C1.CC1CC1C.CC1CC2(C1)CC(C)C2.CC1CCC(C)C1. The third kappa shape index (κ3) is 18.5. The van der Waals surface area contributed by atoms with E-state index in [1.54, 1.807) is 11.1 Å². The van der Waals surface area contributed by atoms with E-state index in [2.05, 4.69) is 121 Å². The van der Waals surface area contributed by atoms with Crippen LogP contribution >= 0.6 is 0 Å². The second-order valence-corrected chi connectivity index (χ2v) is 20.2. The van der Waals surface area contributed by atoms with E-state index in [9.17, 15) is 0 Å². The van der Waals surface area contributed by atoms with Crippen LogP contribution in [-0.2, 0) is 0 Å². The zero-order valence-electron chi connectivity index (χ0n) is 35.3. The lowest BCUT2D eigenvalue weighted by atomic mass is 9.49. The lowest BCUT2D eigenvalue weighted by molar-refractivity contribution is -0.0549. The first-order valence-electron chi connectivity index (χ1n) is 21.4. The third-order valence-electron chi connectivity index (χ3n) is 12.8. The maximum absolute atomic E-state index is 2.38. The number of rotatable bonds is 0. The molecule has 0 amide bonds. The first-order valence-corrected chi connectivity index (χ1v) is 21.4. The Balaban J connectivity index is 0.000000196. The van der Waals surface area contributed by atoms with Crippen LogP contribution in [0.5, 0.6) is 0 Å². The van der Waals surface area contributed by atoms with Crippen molar-refractivity contribution in [1.82, 2.24) is 0 Å². The first kappa shape index (κ1) is 43.4. The fourth-order valence-corrected chi connectivity index (χ4v) is 9.84. The number of allylic oxidation sites excluding steroid dienone is 6. The van der Waals surface area contributed by atoms with Crippen molar-refractivity contribution in [3.63, 3.8) is 0 Å². The highest BCUT2D eigenvalue weighted by Crippen LogP contribution is 2.60. The van der Waals surface area contributed by atoms with E-state index in [0.717, 1.165) is 76.4 Å². The highest BCUT2D eigenvalue weighted by molar-refractivity contribution is 5.06. The summed E-state index contributed by atoms with van der Waals surface area (Å²) in [6.45, 7) is 32.2. The molecule has 1 spiro atoms. The third-order valence-corrected chi connectivity index (χ3v) is 12.8. The highest BCUT2D eigenvalue weighted by Gasteiger charge is 2.49. The van der Waals surface area contributed by atoms with Crippen LogP contribution in [0.4, 0.5) is 0 Å². The summed E-state index contributed by atoms with van der Waals surface area (Å²) in [5, 5.41) is 0. The summed E-state index contributed by atoms with van der Waals surface area (Å²) in [5.41, 5.74) is 4.04. The van der Waals surface area contributed by atoms with E-state index in [0.29, 0.717) is 0 Å². The second kappa shape index (κ2) is 21.6. The minimum absolute atomic E-state index is 0.843. The molecule has 0 N–H and O–H groups in total. The van der Waals surface area contributed by atoms with Gasteiger partial charge in [-0.05, 0) is 174 Å². The highest BCUT2D eigenvalue weighted by atomic mass is 14.5. The van der Waals surface area contributed by atoms with Crippen molar-refractivity contribution in [3.8, 4) is 0 Å². The fourth-order valence-electron chi connectivity index (χ4n) is 9.84. The molecule has 8 aliphatic rings. The Morgan fingerprint density at radius 3 is 0.854 bits per heavy atom. The van der Waals surface area contributed by atoms with Gasteiger partial charge in [-0.15, -0.1) is 0 Å².